The summed E-state index contributed by atoms with van der Waals surface area (Å²) in [7, 11) is 2.95. The van der Waals surface area contributed by atoms with Gasteiger partial charge in [-0.2, -0.15) is 0 Å². The van der Waals surface area contributed by atoms with Crippen LogP contribution in [0.3, 0.4) is 0 Å². The smallest absolute Gasteiger partial charge is 0.332 e. The molecule has 2 aromatic rings. The van der Waals surface area contributed by atoms with Crippen molar-refractivity contribution in [3.05, 3.63) is 38.7 Å². The minimum Gasteiger partial charge on any atom is -0.347 e. The molecule has 0 radical (unpaired) electrons. The normalized spacial score (nSPS) is 18.1. The maximum atomic E-state index is 12.3. The Labute approximate surface area is 132 Å². The fraction of sp³-hybridized carbons (Fsp3) is 0.467. The number of carbonyl (C=O) groups excluding carboxylic acids is 1. The lowest BCUT2D eigenvalue weighted by Gasteiger charge is -2.23. The van der Waals surface area contributed by atoms with Gasteiger partial charge in [0.15, 0.2) is 0 Å². The van der Waals surface area contributed by atoms with Crippen LogP contribution in [-0.2, 0) is 14.1 Å². The van der Waals surface area contributed by atoms with Crippen molar-refractivity contribution in [1.29, 1.82) is 0 Å². The number of carbonyl (C=O) groups is 1. The van der Waals surface area contributed by atoms with Crippen molar-refractivity contribution in [2.24, 2.45) is 14.1 Å². The molecule has 1 aliphatic rings. The lowest BCUT2D eigenvalue weighted by molar-refractivity contribution is 0.0926. The minimum atomic E-state index is -0.468. The summed E-state index contributed by atoms with van der Waals surface area (Å²) in [6, 6.07) is 3.12. The summed E-state index contributed by atoms with van der Waals surface area (Å²) in [5, 5.41) is 6.46. The third-order valence-corrected chi connectivity index (χ3v) is 4.17. The zero-order valence-electron chi connectivity index (χ0n) is 13.1. The van der Waals surface area contributed by atoms with E-state index in [-0.39, 0.29) is 23.3 Å². The molecule has 8 heteroatoms. The molecule has 1 atom stereocenters. The van der Waals surface area contributed by atoms with Crippen molar-refractivity contribution in [2.45, 2.75) is 18.9 Å². The largest absolute Gasteiger partial charge is 0.347 e. The summed E-state index contributed by atoms with van der Waals surface area (Å²) in [6.45, 7) is 1.70. The number of rotatable bonds is 2. The van der Waals surface area contributed by atoms with E-state index in [1.807, 2.05) is 0 Å². The number of nitrogens with zero attached hydrogens (tertiary/aromatic N) is 3. The molecule has 0 unspecified atom stereocenters. The summed E-state index contributed by atoms with van der Waals surface area (Å²) < 4.78 is 2.30. The maximum absolute atomic E-state index is 12.3. The molecule has 0 aromatic carbocycles. The van der Waals surface area contributed by atoms with E-state index in [1.165, 1.54) is 30.8 Å². The molecule has 0 saturated carbocycles. The lowest BCUT2D eigenvalue weighted by atomic mass is 10.1. The predicted molar refractivity (Wildman–Crippen MR) is 85.6 cm³/mol. The topological polar surface area (TPSA) is 98.0 Å². The van der Waals surface area contributed by atoms with Crippen molar-refractivity contribution in [1.82, 2.24) is 24.8 Å². The molecule has 0 aliphatic carbocycles. The van der Waals surface area contributed by atoms with E-state index in [4.69, 9.17) is 0 Å². The van der Waals surface area contributed by atoms with Crippen molar-refractivity contribution in [3.8, 4) is 0 Å². The summed E-state index contributed by atoms with van der Waals surface area (Å²) in [4.78, 5) is 40.6. The number of nitrogens with one attached hydrogen (secondary N) is 2. The van der Waals surface area contributed by atoms with E-state index in [2.05, 4.69) is 15.6 Å². The third-order valence-electron chi connectivity index (χ3n) is 4.17. The zero-order chi connectivity index (χ0) is 16.6. The van der Waals surface area contributed by atoms with Crippen molar-refractivity contribution < 1.29 is 4.79 Å². The van der Waals surface area contributed by atoms with Gasteiger partial charge < -0.3 is 10.6 Å². The second kappa shape index (κ2) is 5.96. The van der Waals surface area contributed by atoms with Gasteiger partial charge in [-0.3, -0.25) is 18.7 Å². The van der Waals surface area contributed by atoms with E-state index in [1.54, 1.807) is 0 Å². The fourth-order valence-corrected chi connectivity index (χ4v) is 2.81. The molecule has 1 saturated heterocycles. The molecular weight excluding hydrogens is 298 g/mol. The van der Waals surface area contributed by atoms with Crippen LogP contribution < -0.4 is 21.9 Å². The Morgan fingerprint density at radius 3 is 2.78 bits per heavy atom. The Bertz CT molecular complexity index is 877. The number of amides is 1. The molecule has 3 heterocycles. The number of aromatic nitrogens is 3. The number of fused-ring (bicyclic) bond motifs is 1. The summed E-state index contributed by atoms with van der Waals surface area (Å²) in [5.74, 6) is -0.297. The quantitative estimate of drug-likeness (QED) is 0.749. The van der Waals surface area contributed by atoms with Crippen LogP contribution in [0.4, 0.5) is 0 Å². The maximum Gasteiger partial charge on any atom is 0.332 e. The summed E-state index contributed by atoms with van der Waals surface area (Å²) >= 11 is 0. The number of pyridine rings is 1. The first kappa shape index (κ1) is 15.4. The highest BCUT2D eigenvalue weighted by Gasteiger charge is 2.18. The number of piperidine rings is 1. The van der Waals surface area contributed by atoms with E-state index in [0.29, 0.717) is 5.39 Å². The molecule has 0 spiro atoms. The summed E-state index contributed by atoms with van der Waals surface area (Å²) in [6.07, 6.45) is 1.94. The van der Waals surface area contributed by atoms with Gasteiger partial charge in [0.1, 0.15) is 11.3 Å². The first-order chi connectivity index (χ1) is 11.0. The Hall–Kier alpha value is -2.48. The molecule has 8 nitrogen and oxygen atoms in total. The van der Waals surface area contributed by atoms with E-state index < -0.39 is 11.2 Å². The Morgan fingerprint density at radius 2 is 2.09 bits per heavy atom. The van der Waals surface area contributed by atoms with Crippen molar-refractivity contribution in [3.63, 3.8) is 0 Å². The van der Waals surface area contributed by atoms with Gasteiger partial charge in [-0.25, -0.2) is 9.78 Å². The monoisotopic (exact) mass is 317 g/mol. The van der Waals surface area contributed by atoms with Gasteiger partial charge in [-0.1, -0.05) is 0 Å². The van der Waals surface area contributed by atoms with Crippen LogP contribution in [0, 0.1) is 0 Å². The fourth-order valence-electron chi connectivity index (χ4n) is 2.81. The molecule has 122 valence electrons. The summed E-state index contributed by atoms with van der Waals surface area (Å²) in [5.41, 5.74) is -0.470. The molecule has 0 bridgehead atoms. The Kier molecular flexibility index (Phi) is 3.99. The molecular formula is C15H19N5O3. The Balaban J connectivity index is 1.98. The van der Waals surface area contributed by atoms with Crippen molar-refractivity contribution in [2.75, 3.05) is 13.1 Å². The standard InChI is InChI=1S/C15H19N5O3/c1-19-12-10(14(22)20(2)15(19)23)5-6-11(18-12)13(21)17-9-4-3-7-16-8-9/h5-6,9,16H,3-4,7-8H2,1-2H3,(H,17,21)/t9-/m0/s1. The highest BCUT2D eigenvalue weighted by Crippen LogP contribution is 2.08. The highest BCUT2D eigenvalue weighted by atomic mass is 16.2. The molecule has 3 rings (SSSR count). The molecule has 2 aromatic heterocycles. The van der Waals surface area contributed by atoms with E-state index in [0.717, 1.165) is 30.5 Å². The number of aryl methyl sites for hydroxylation is 1. The van der Waals surface area contributed by atoms with Gasteiger partial charge in [0, 0.05) is 26.7 Å². The highest BCUT2D eigenvalue weighted by molar-refractivity contribution is 5.94. The molecule has 1 aliphatic heterocycles. The predicted octanol–water partition coefficient (Wildman–Crippen LogP) is -0.886. The van der Waals surface area contributed by atoms with Crippen LogP contribution >= 0.6 is 0 Å². The number of hydrogen-bond donors (Lipinski definition) is 2. The van der Waals surface area contributed by atoms with Crippen LogP contribution in [0.5, 0.6) is 0 Å². The van der Waals surface area contributed by atoms with Crippen LogP contribution in [0.1, 0.15) is 23.3 Å². The zero-order valence-corrected chi connectivity index (χ0v) is 13.1. The van der Waals surface area contributed by atoms with Gasteiger partial charge in [0.25, 0.3) is 11.5 Å². The average molecular weight is 317 g/mol. The second-order valence-electron chi connectivity index (χ2n) is 5.79. The molecule has 1 amide bonds. The van der Waals surface area contributed by atoms with Crippen LogP contribution in [-0.4, -0.2) is 39.2 Å². The van der Waals surface area contributed by atoms with Gasteiger partial charge in [0.2, 0.25) is 0 Å². The lowest BCUT2D eigenvalue weighted by Crippen LogP contribution is -2.45. The van der Waals surface area contributed by atoms with Gasteiger partial charge in [-0.05, 0) is 31.5 Å². The Morgan fingerprint density at radius 1 is 1.30 bits per heavy atom. The van der Waals surface area contributed by atoms with Crippen molar-refractivity contribution >= 4 is 16.9 Å². The average Bonchev–Trinajstić information content (AvgIpc) is 2.58. The van der Waals surface area contributed by atoms with E-state index >= 15 is 0 Å². The molecule has 2 N–H and O–H groups in total. The number of hydrogen-bond acceptors (Lipinski definition) is 5. The third kappa shape index (κ3) is 2.77. The van der Waals surface area contributed by atoms with Gasteiger partial charge in [-0.15, -0.1) is 0 Å². The van der Waals surface area contributed by atoms with Crippen LogP contribution in [0.25, 0.3) is 11.0 Å². The molecule has 1 fully saturated rings. The van der Waals surface area contributed by atoms with Crippen LogP contribution in [0.15, 0.2) is 21.7 Å². The van der Waals surface area contributed by atoms with Gasteiger partial charge >= 0.3 is 5.69 Å². The SMILES string of the molecule is Cn1c(=O)c2ccc(C(=O)N[C@H]3CCCNC3)nc2n(C)c1=O. The minimum absolute atomic E-state index is 0.0706. The van der Waals surface area contributed by atoms with E-state index in [9.17, 15) is 14.4 Å². The van der Waals surface area contributed by atoms with Crippen LogP contribution in [0.2, 0.25) is 0 Å². The molecule has 23 heavy (non-hydrogen) atoms. The first-order valence-corrected chi connectivity index (χ1v) is 7.57. The second-order valence-corrected chi connectivity index (χ2v) is 5.79. The van der Waals surface area contributed by atoms with Gasteiger partial charge in [0.05, 0.1) is 5.39 Å². The first-order valence-electron chi connectivity index (χ1n) is 7.57.